The molecule has 1 N–H and O–H groups in total. The number of benzene rings is 2. The van der Waals surface area contributed by atoms with Crippen molar-refractivity contribution >= 4 is 10.8 Å². The van der Waals surface area contributed by atoms with Gasteiger partial charge in [0.1, 0.15) is 0 Å². The van der Waals surface area contributed by atoms with Crippen LogP contribution < -0.4 is 5.32 Å². The number of hydrogen-bond donors (Lipinski definition) is 1. The molecule has 2 heteroatoms. The SMILES string of the molecule is CNC(c1ccnc(C)c1)c1cccc2ccccc12. The number of rotatable bonds is 3. The van der Waals surface area contributed by atoms with Gasteiger partial charge in [-0.25, -0.2) is 0 Å². The third kappa shape index (κ3) is 2.30. The van der Waals surface area contributed by atoms with Gasteiger partial charge in [0, 0.05) is 11.9 Å². The Labute approximate surface area is 119 Å². The third-order valence-corrected chi connectivity index (χ3v) is 3.68. The summed E-state index contributed by atoms with van der Waals surface area (Å²) >= 11 is 0. The molecule has 100 valence electrons. The second-order valence-corrected chi connectivity index (χ2v) is 5.02. The van der Waals surface area contributed by atoms with Gasteiger partial charge in [0.15, 0.2) is 0 Å². The molecule has 0 radical (unpaired) electrons. The van der Waals surface area contributed by atoms with Crippen LogP contribution in [-0.2, 0) is 0 Å². The fraction of sp³-hybridized carbons (Fsp3) is 0.167. The number of nitrogens with one attached hydrogen (secondary N) is 1. The van der Waals surface area contributed by atoms with Crippen molar-refractivity contribution in [2.75, 3.05) is 7.05 Å². The molecule has 3 aromatic rings. The quantitative estimate of drug-likeness (QED) is 0.775. The van der Waals surface area contributed by atoms with Crippen LogP contribution >= 0.6 is 0 Å². The van der Waals surface area contributed by atoms with Crippen LogP contribution in [0.4, 0.5) is 0 Å². The summed E-state index contributed by atoms with van der Waals surface area (Å²) in [5.74, 6) is 0. The zero-order valence-electron chi connectivity index (χ0n) is 11.8. The van der Waals surface area contributed by atoms with E-state index in [1.807, 2.05) is 20.2 Å². The minimum Gasteiger partial charge on any atom is -0.309 e. The topological polar surface area (TPSA) is 24.9 Å². The van der Waals surface area contributed by atoms with Gasteiger partial charge in [0.05, 0.1) is 6.04 Å². The highest BCUT2D eigenvalue weighted by Gasteiger charge is 2.14. The lowest BCUT2D eigenvalue weighted by molar-refractivity contribution is 0.695. The van der Waals surface area contributed by atoms with E-state index in [2.05, 4.69) is 64.9 Å². The van der Waals surface area contributed by atoms with Crippen molar-refractivity contribution in [1.82, 2.24) is 10.3 Å². The molecule has 0 amide bonds. The number of nitrogens with zero attached hydrogens (tertiary/aromatic N) is 1. The number of aryl methyl sites for hydroxylation is 1. The van der Waals surface area contributed by atoms with Crippen molar-refractivity contribution < 1.29 is 0 Å². The first kappa shape index (κ1) is 12.8. The summed E-state index contributed by atoms with van der Waals surface area (Å²) in [7, 11) is 2.00. The maximum absolute atomic E-state index is 4.28. The number of fused-ring (bicyclic) bond motifs is 1. The van der Waals surface area contributed by atoms with Crippen molar-refractivity contribution in [3.05, 3.63) is 77.6 Å². The van der Waals surface area contributed by atoms with Crippen LogP contribution in [0.2, 0.25) is 0 Å². The van der Waals surface area contributed by atoms with Crippen LogP contribution in [0.3, 0.4) is 0 Å². The Morgan fingerprint density at radius 2 is 1.80 bits per heavy atom. The van der Waals surface area contributed by atoms with E-state index in [1.54, 1.807) is 0 Å². The normalized spacial score (nSPS) is 12.5. The van der Waals surface area contributed by atoms with Crippen LogP contribution in [0.1, 0.15) is 22.9 Å². The van der Waals surface area contributed by atoms with Crippen molar-refractivity contribution in [3.8, 4) is 0 Å². The fourth-order valence-corrected chi connectivity index (χ4v) is 2.75. The van der Waals surface area contributed by atoms with Gasteiger partial charge in [-0.3, -0.25) is 4.98 Å². The first-order chi connectivity index (χ1) is 9.79. The molecule has 0 spiro atoms. The van der Waals surface area contributed by atoms with Crippen LogP contribution in [0, 0.1) is 6.92 Å². The average Bonchev–Trinajstić information content (AvgIpc) is 2.48. The van der Waals surface area contributed by atoms with E-state index < -0.39 is 0 Å². The summed E-state index contributed by atoms with van der Waals surface area (Å²) < 4.78 is 0. The van der Waals surface area contributed by atoms with Crippen molar-refractivity contribution in [2.24, 2.45) is 0 Å². The zero-order chi connectivity index (χ0) is 13.9. The van der Waals surface area contributed by atoms with Gasteiger partial charge in [0.2, 0.25) is 0 Å². The first-order valence-corrected chi connectivity index (χ1v) is 6.87. The molecular formula is C18H18N2. The molecule has 0 saturated carbocycles. The van der Waals surface area contributed by atoms with Gasteiger partial charge >= 0.3 is 0 Å². The lowest BCUT2D eigenvalue weighted by atomic mass is 9.94. The van der Waals surface area contributed by atoms with Gasteiger partial charge in [-0.05, 0) is 48.0 Å². The lowest BCUT2D eigenvalue weighted by Crippen LogP contribution is -2.18. The van der Waals surface area contributed by atoms with E-state index in [9.17, 15) is 0 Å². The van der Waals surface area contributed by atoms with Crippen LogP contribution in [-0.4, -0.2) is 12.0 Å². The standard InChI is InChI=1S/C18H18N2/c1-13-12-15(10-11-20-13)18(19-2)17-9-5-7-14-6-3-4-8-16(14)17/h3-12,18-19H,1-2H3. The van der Waals surface area contributed by atoms with Gasteiger partial charge in [-0.2, -0.15) is 0 Å². The molecule has 1 atom stereocenters. The second-order valence-electron chi connectivity index (χ2n) is 5.02. The Bertz CT molecular complexity index is 729. The molecule has 2 nitrogen and oxygen atoms in total. The molecule has 1 aromatic heterocycles. The Morgan fingerprint density at radius 3 is 2.60 bits per heavy atom. The van der Waals surface area contributed by atoms with Gasteiger partial charge in [-0.15, -0.1) is 0 Å². The van der Waals surface area contributed by atoms with E-state index >= 15 is 0 Å². The molecule has 1 unspecified atom stereocenters. The zero-order valence-corrected chi connectivity index (χ0v) is 11.8. The molecule has 2 aromatic carbocycles. The van der Waals surface area contributed by atoms with Crippen molar-refractivity contribution in [3.63, 3.8) is 0 Å². The number of aromatic nitrogens is 1. The van der Waals surface area contributed by atoms with Crippen molar-refractivity contribution in [1.29, 1.82) is 0 Å². The summed E-state index contributed by atoms with van der Waals surface area (Å²) in [6.07, 6.45) is 1.88. The van der Waals surface area contributed by atoms with E-state index in [-0.39, 0.29) is 6.04 Å². The number of hydrogen-bond acceptors (Lipinski definition) is 2. The molecule has 0 aliphatic heterocycles. The number of pyridine rings is 1. The van der Waals surface area contributed by atoms with E-state index in [4.69, 9.17) is 0 Å². The third-order valence-electron chi connectivity index (χ3n) is 3.68. The summed E-state index contributed by atoms with van der Waals surface area (Å²) in [5, 5.41) is 6.00. The summed E-state index contributed by atoms with van der Waals surface area (Å²) in [6.45, 7) is 2.03. The minimum absolute atomic E-state index is 0.183. The molecule has 1 heterocycles. The highest BCUT2D eigenvalue weighted by molar-refractivity contribution is 5.86. The van der Waals surface area contributed by atoms with Crippen LogP contribution in [0.5, 0.6) is 0 Å². The summed E-state index contributed by atoms with van der Waals surface area (Å²) in [4.78, 5) is 4.28. The highest BCUT2D eigenvalue weighted by atomic mass is 14.9. The molecule has 0 bridgehead atoms. The Morgan fingerprint density at radius 1 is 1.00 bits per heavy atom. The van der Waals surface area contributed by atoms with E-state index in [0.717, 1.165) is 5.69 Å². The monoisotopic (exact) mass is 262 g/mol. The predicted molar refractivity (Wildman–Crippen MR) is 83.8 cm³/mol. The second kappa shape index (κ2) is 5.43. The maximum Gasteiger partial charge on any atom is 0.0581 e. The molecular weight excluding hydrogens is 244 g/mol. The van der Waals surface area contributed by atoms with Gasteiger partial charge < -0.3 is 5.32 Å². The predicted octanol–water partition coefficient (Wildman–Crippen LogP) is 3.85. The molecule has 20 heavy (non-hydrogen) atoms. The summed E-state index contributed by atoms with van der Waals surface area (Å²) in [6, 6.07) is 19.4. The fourth-order valence-electron chi connectivity index (χ4n) is 2.75. The highest BCUT2D eigenvalue weighted by Crippen LogP contribution is 2.28. The summed E-state index contributed by atoms with van der Waals surface area (Å²) in [5.41, 5.74) is 3.59. The first-order valence-electron chi connectivity index (χ1n) is 6.87. The average molecular weight is 262 g/mol. The van der Waals surface area contributed by atoms with Gasteiger partial charge in [-0.1, -0.05) is 42.5 Å². The largest absolute Gasteiger partial charge is 0.309 e. The molecule has 3 rings (SSSR count). The Balaban J connectivity index is 2.17. The molecule has 0 fully saturated rings. The van der Waals surface area contributed by atoms with E-state index in [1.165, 1.54) is 21.9 Å². The Kier molecular flexibility index (Phi) is 3.48. The van der Waals surface area contributed by atoms with Crippen LogP contribution in [0.15, 0.2) is 60.8 Å². The minimum atomic E-state index is 0.183. The smallest absolute Gasteiger partial charge is 0.0581 e. The molecule has 0 aliphatic carbocycles. The molecule has 0 saturated heterocycles. The van der Waals surface area contributed by atoms with E-state index in [0.29, 0.717) is 0 Å². The van der Waals surface area contributed by atoms with Gasteiger partial charge in [0.25, 0.3) is 0 Å². The van der Waals surface area contributed by atoms with Crippen molar-refractivity contribution in [2.45, 2.75) is 13.0 Å². The molecule has 0 aliphatic rings. The Hall–Kier alpha value is -2.19. The lowest BCUT2D eigenvalue weighted by Gasteiger charge is -2.19. The van der Waals surface area contributed by atoms with Crippen LogP contribution in [0.25, 0.3) is 10.8 Å². The maximum atomic E-state index is 4.28.